The number of carboxylic acid groups (broad SMARTS) is 1. The molecule has 0 spiro atoms. The number of nitrogens with one attached hydrogen (secondary N) is 1. The first-order valence-corrected chi connectivity index (χ1v) is 10.8. The van der Waals surface area contributed by atoms with Crippen LogP contribution in [0.2, 0.25) is 5.02 Å². The maximum Gasteiger partial charge on any atom is 0.335 e. The van der Waals surface area contributed by atoms with Crippen molar-refractivity contribution in [1.29, 1.82) is 5.26 Å². The van der Waals surface area contributed by atoms with Gasteiger partial charge in [-0.3, -0.25) is 0 Å². The van der Waals surface area contributed by atoms with Crippen LogP contribution in [0.25, 0.3) is 0 Å². The molecule has 0 heterocycles. The van der Waals surface area contributed by atoms with Crippen molar-refractivity contribution >= 4 is 35.2 Å². The summed E-state index contributed by atoms with van der Waals surface area (Å²) >= 11 is 7.57. The van der Waals surface area contributed by atoms with Crippen LogP contribution in [0.1, 0.15) is 60.0 Å². The van der Waals surface area contributed by atoms with Crippen LogP contribution in [-0.2, 0) is 0 Å². The summed E-state index contributed by atoms with van der Waals surface area (Å²) in [6.45, 7) is 2.19. The fourth-order valence-corrected chi connectivity index (χ4v) is 4.63. The lowest BCUT2D eigenvalue weighted by atomic mass is 9.84. The van der Waals surface area contributed by atoms with Gasteiger partial charge in [-0.1, -0.05) is 24.6 Å². The van der Waals surface area contributed by atoms with Crippen molar-refractivity contribution in [2.24, 2.45) is 5.92 Å². The zero-order chi connectivity index (χ0) is 20.5. The normalized spacial score (nSPS) is 20.4. The number of benzene rings is 2. The summed E-state index contributed by atoms with van der Waals surface area (Å²) in [7, 11) is 0. The van der Waals surface area contributed by atoms with E-state index in [-0.39, 0.29) is 11.7 Å². The molecule has 2 fully saturated rings. The lowest BCUT2D eigenvalue weighted by molar-refractivity contribution is 0.0696. The van der Waals surface area contributed by atoms with Gasteiger partial charge in [0.05, 0.1) is 27.9 Å². The second kappa shape index (κ2) is 8.17. The third-order valence-corrected chi connectivity index (χ3v) is 6.57. The Morgan fingerprint density at radius 2 is 2.07 bits per heavy atom. The van der Waals surface area contributed by atoms with Gasteiger partial charge in [0.1, 0.15) is 11.8 Å². The second-order valence-electron chi connectivity index (χ2n) is 7.79. The minimum atomic E-state index is -0.949. The monoisotopic (exact) mass is 428 g/mol. The van der Waals surface area contributed by atoms with Crippen molar-refractivity contribution in [2.75, 3.05) is 4.72 Å². The Balaban J connectivity index is 1.59. The zero-order valence-corrected chi connectivity index (χ0v) is 17.5. The largest absolute Gasteiger partial charge is 0.488 e. The topological polar surface area (TPSA) is 82.3 Å². The molecule has 2 aromatic carbocycles. The number of nitrogens with zero attached hydrogens (tertiary/aromatic N) is 1. The minimum absolute atomic E-state index is 0.150. The number of carboxylic acids is 1. The van der Waals surface area contributed by atoms with E-state index in [1.165, 1.54) is 11.9 Å². The van der Waals surface area contributed by atoms with Crippen LogP contribution in [0.15, 0.2) is 35.2 Å². The molecule has 0 unspecified atom stereocenters. The summed E-state index contributed by atoms with van der Waals surface area (Å²) in [6.07, 6.45) is 4.38. The first-order valence-electron chi connectivity index (χ1n) is 9.65. The van der Waals surface area contributed by atoms with Gasteiger partial charge in [-0.15, -0.1) is 0 Å². The van der Waals surface area contributed by atoms with Crippen molar-refractivity contribution in [3.63, 3.8) is 0 Å². The summed E-state index contributed by atoms with van der Waals surface area (Å²) in [4.78, 5) is 12.3. The van der Waals surface area contributed by atoms with Gasteiger partial charge >= 0.3 is 5.97 Å². The first kappa shape index (κ1) is 19.9. The molecule has 2 aliphatic rings. The number of hydrogen-bond acceptors (Lipinski definition) is 5. The van der Waals surface area contributed by atoms with Gasteiger partial charge < -0.3 is 14.6 Å². The summed E-state index contributed by atoms with van der Waals surface area (Å²) in [6, 6.07) is 10.7. The van der Waals surface area contributed by atoms with Crippen molar-refractivity contribution in [3.8, 4) is 11.8 Å². The average Bonchev–Trinajstić information content (AvgIpc) is 3.51. The standard InChI is InChI=1S/C22H21ClN2O3S/c1-12-6-16(7-12)28-20-10-18(23)15(11-24)8-19(20)25-29-21-9-14(22(26)27)4-5-17(21)13-2-3-13/h4-5,8-10,12-13,16,25H,2-3,6-7H2,1H3,(H,26,27). The SMILES string of the molecule is CC1CC(Oc2cc(Cl)c(C#N)cc2NSc2cc(C(=O)O)ccc2C2CC2)C1. The lowest BCUT2D eigenvalue weighted by Crippen LogP contribution is -2.32. The van der Waals surface area contributed by atoms with E-state index in [0.29, 0.717) is 33.9 Å². The number of rotatable bonds is 7. The predicted molar refractivity (Wildman–Crippen MR) is 114 cm³/mol. The molecule has 0 aliphatic heterocycles. The molecule has 7 heteroatoms. The molecule has 29 heavy (non-hydrogen) atoms. The van der Waals surface area contributed by atoms with E-state index < -0.39 is 5.97 Å². The molecule has 0 aromatic heterocycles. The van der Waals surface area contributed by atoms with E-state index in [2.05, 4.69) is 17.7 Å². The minimum Gasteiger partial charge on any atom is -0.488 e. The maximum atomic E-state index is 11.4. The third-order valence-electron chi connectivity index (χ3n) is 5.36. The van der Waals surface area contributed by atoms with Crippen molar-refractivity contribution in [1.82, 2.24) is 0 Å². The highest BCUT2D eigenvalue weighted by atomic mass is 35.5. The van der Waals surface area contributed by atoms with Crippen LogP contribution in [0.5, 0.6) is 5.75 Å². The van der Waals surface area contributed by atoms with Gasteiger partial charge in [-0.2, -0.15) is 5.26 Å². The molecule has 150 valence electrons. The Kier molecular flexibility index (Phi) is 5.62. The molecule has 2 aliphatic carbocycles. The number of anilines is 1. The fraction of sp³-hybridized carbons (Fsp3) is 0.364. The Labute approximate surface area is 179 Å². The number of aromatic carboxylic acids is 1. The molecule has 0 amide bonds. The summed E-state index contributed by atoms with van der Waals surface area (Å²) in [5.74, 6) is 0.796. The van der Waals surface area contributed by atoms with E-state index in [4.69, 9.17) is 16.3 Å². The highest BCUT2D eigenvalue weighted by Crippen LogP contribution is 2.45. The van der Waals surface area contributed by atoms with Gasteiger partial charge in [-0.05, 0) is 73.2 Å². The number of nitriles is 1. The van der Waals surface area contributed by atoms with Gasteiger partial charge in [-0.25, -0.2) is 4.79 Å². The van der Waals surface area contributed by atoms with E-state index in [1.807, 2.05) is 6.07 Å². The van der Waals surface area contributed by atoms with Crippen LogP contribution >= 0.6 is 23.5 Å². The third kappa shape index (κ3) is 4.47. The van der Waals surface area contributed by atoms with Crippen molar-refractivity contribution in [3.05, 3.63) is 52.0 Å². The van der Waals surface area contributed by atoms with Crippen LogP contribution in [0, 0.1) is 17.2 Å². The Morgan fingerprint density at radius 3 is 2.69 bits per heavy atom. The molecule has 0 atom stereocenters. The lowest BCUT2D eigenvalue weighted by Gasteiger charge is -2.33. The molecule has 2 N–H and O–H groups in total. The number of halogens is 1. The molecule has 5 nitrogen and oxygen atoms in total. The van der Waals surface area contributed by atoms with Crippen molar-refractivity contribution < 1.29 is 14.6 Å². The molecule has 2 saturated carbocycles. The number of carbonyl (C=O) groups is 1. The zero-order valence-electron chi connectivity index (χ0n) is 15.9. The van der Waals surface area contributed by atoms with E-state index >= 15 is 0 Å². The summed E-state index contributed by atoms with van der Waals surface area (Å²) < 4.78 is 9.38. The second-order valence-corrected chi connectivity index (χ2v) is 9.05. The Hall–Kier alpha value is -2.36. The molecule has 2 aromatic rings. The van der Waals surface area contributed by atoms with Crippen LogP contribution in [0.4, 0.5) is 5.69 Å². The van der Waals surface area contributed by atoms with Gasteiger partial charge in [0.25, 0.3) is 0 Å². The van der Waals surface area contributed by atoms with Crippen LogP contribution in [-0.4, -0.2) is 17.2 Å². The quantitative estimate of drug-likeness (QED) is 0.519. The molecular formula is C22H21ClN2O3S. The molecule has 0 radical (unpaired) electrons. The van der Waals surface area contributed by atoms with E-state index in [1.54, 1.807) is 24.3 Å². The highest BCUT2D eigenvalue weighted by molar-refractivity contribution is 8.00. The molecule has 0 saturated heterocycles. The van der Waals surface area contributed by atoms with Crippen LogP contribution in [0.3, 0.4) is 0 Å². The van der Waals surface area contributed by atoms with Gasteiger partial charge in [0.15, 0.2) is 0 Å². The average molecular weight is 429 g/mol. The number of hydrogen-bond donors (Lipinski definition) is 2. The summed E-state index contributed by atoms with van der Waals surface area (Å²) in [5, 5.41) is 19.0. The van der Waals surface area contributed by atoms with Crippen molar-refractivity contribution in [2.45, 2.75) is 49.5 Å². The fourth-order valence-electron chi connectivity index (χ4n) is 3.52. The maximum absolute atomic E-state index is 11.4. The highest BCUT2D eigenvalue weighted by Gasteiger charge is 2.29. The smallest absolute Gasteiger partial charge is 0.335 e. The molecular weight excluding hydrogens is 408 g/mol. The van der Waals surface area contributed by atoms with Crippen LogP contribution < -0.4 is 9.46 Å². The predicted octanol–water partition coefficient (Wildman–Crippen LogP) is 6.08. The van der Waals surface area contributed by atoms with Gasteiger partial charge in [0.2, 0.25) is 0 Å². The Morgan fingerprint density at radius 1 is 1.31 bits per heavy atom. The van der Waals surface area contributed by atoms with Gasteiger partial charge in [0, 0.05) is 11.0 Å². The van der Waals surface area contributed by atoms with E-state index in [0.717, 1.165) is 36.1 Å². The molecule has 4 rings (SSSR count). The Bertz CT molecular complexity index is 994. The molecule has 0 bridgehead atoms. The first-order chi connectivity index (χ1) is 13.9. The van der Waals surface area contributed by atoms with E-state index in [9.17, 15) is 15.2 Å². The summed E-state index contributed by atoms with van der Waals surface area (Å²) in [5.41, 5.74) is 2.44. The number of ether oxygens (including phenoxy) is 1.